The number of hydrogen-bond acceptors (Lipinski definition) is 5. The Morgan fingerprint density at radius 2 is 1.69 bits per heavy atom. The van der Waals surface area contributed by atoms with Crippen LogP contribution in [0.2, 0.25) is 0 Å². The summed E-state index contributed by atoms with van der Waals surface area (Å²) in [4.78, 5) is 25.3. The number of nitrogens with zero attached hydrogens (tertiary/aromatic N) is 1. The lowest BCUT2D eigenvalue weighted by molar-refractivity contribution is -0.274. The number of ether oxygens (including phenoxy) is 2. The Morgan fingerprint density at radius 3 is 2.28 bits per heavy atom. The third-order valence-corrected chi connectivity index (χ3v) is 4.50. The standard InChI is InChI=1S/C19H19F3N2O5/c20-19(21,22)29-14-3-1-13(2-4-14)27-11-15-5-6-16(28-15)18(26)24-9-7-12(8-10-24)17(23)25/h1-6,12H,7-11H2,(H2,23,25). The second-order valence-electron chi connectivity index (χ2n) is 6.54. The van der Waals surface area contributed by atoms with Crippen LogP contribution in [0.3, 0.4) is 0 Å². The first-order valence-electron chi connectivity index (χ1n) is 8.87. The molecule has 2 amide bonds. The number of furan rings is 1. The van der Waals surface area contributed by atoms with Crippen LogP contribution >= 0.6 is 0 Å². The summed E-state index contributed by atoms with van der Waals surface area (Å²) >= 11 is 0. The summed E-state index contributed by atoms with van der Waals surface area (Å²) in [6.45, 7) is 0.840. The van der Waals surface area contributed by atoms with Crippen LogP contribution in [0.4, 0.5) is 13.2 Å². The molecule has 1 aromatic carbocycles. The van der Waals surface area contributed by atoms with Gasteiger partial charge in [-0.2, -0.15) is 0 Å². The van der Waals surface area contributed by atoms with E-state index in [2.05, 4.69) is 4.74 Å². The Bertz CT molecular complexity index is 855. The highest BCUT2D eigenvalue weighted by Crippen LogP contribution is 2.25. The minimum absolute atomic E-state index is 0.00347. The van der Waals surface area contributed by atoms with Crippen molar-refractivity contribution in [2.75, 3.05) is 13.1 Å². The van der Waals surface area contributed by atoms with Gasteiger partial charge in [0, 0.05) is 19.0 Å². The molecule has 1 fully saturated rings. The lowest BCUT2D eigenvalue weighted by Gasteiger charge is -2.29. The molecule has 10 heteroatoms. The maximum absolute atomic E-state index is 12.5. The van der Waals surface area contributed by atoms with Crippen molar-refractivity contribution in [2.24, 2.45) is 11.7 Å². The molecule has 0 spiro atoms. The van der Waals surface area contributed by atoms with Gasteiger partial charge in [0.15, 0.2) is 5.76 Å². The van der Waals surface area contributed by atoms with Gasteiger partial charge in [-0.3, -0.25) is 9.59 Å². The number of carbonyl (C=O) groups excluding carboxylic acids is 2. The average Bonchev–Trinajstić information content (AvgIpc) is 3.15. The van der Waals surface area contributed by atoms with Crippen LogP contribution in [0.5, 0.6) is 11.5 Å². The number of benzene rings is 1. The maximum Gasteiger partial charge on any atom is 0.573 e. The molecule has 1 aliphatic rings. The number of hydrogen-bond donors (Lipinski definition) is 1. The number of rotatable bonds is 6. The van der Waals surface area contributed by atoms with E-state index in [9.17, 15) is 22.8 Å². The van der Waals surface area contributed by atoms with Crippen LogP contribution in [-0.2, 0) is 11.4 Å². The lowest BCUT2D eigenvalue weighted by Crippen LogP contribution is -2.41. The highest BCUT2D eigenvalue weighted by Gasteiger charge is 2.31. The lowest BCUT2D eigenvalue weighted by atomic mass is 9.96. The molecule has 156 valence electrons. The van der Waals surface area contributed by atoms with Gasteiger partial charge in [0.1, 0.15) is 23.9 Å². The minimum atomic E-state index is -4.76. The molecular formula is C19H19F3N2O5. The van der Waals surface area contributed by atoms with Gasteiger partial charge in [-0.1, -0.05) is 0 Å². The second-order valence-corrected chi connectivity index (χ2v) is 6.54. The molecule has 29 heavy (non-hydrogen) atoms. The number of primary amides is 1. The summed E-state index contributed by atoms with van der Waals surface area (Å²) < 4.78 is 51.2. The van der Waals surface area contributed by atoms with Crippen LogP contribution in [0.1, 0.15) is 29.2 Å². The molecule has 7 nitrogen and oxygen atoms in total. The smallest absolute Gasteiger partial charge is 0.486 e. The van der Waals surface area contributed by atoms with E-state index in [0.717, 1.165) is 12.1 Å². The number of carbonyl (C=O) groups is 2. The Labute approximate surface area is 164 Å². The third-order valence-electron chi connectivity index (χ3n) is 4.50. The highest BCUT2D eigenvalue weighted by molar-refractivity contribution is 5.91. The van der Waals surface area contributed by atoms with Gasteiger partial charge in [0.2, 0.25) is 5.91 Å². The highest BCUT2D eigenvalue weighted by atomic mass is 19.4. The van der Waals surface area contributed by atoms with E-state index in [1.54, 1.807) is 11.0 Å². The van der Waals surface area contributed by atoms with Crippen molar-refractivity contribution in [3.05, 3.63) is 47.9 Å². The minimum Gasteiger partial charge on any atom is -0.486 e. The topological polar surface area (TPSA) is 95.0 Å². The zero-order chi connectivity index (χ0) is 21.0. The largest absolute Gasteiger partial charge is 0.573 e. The summed E-state index contributed by atoms with van der Waals surface area (Å²) in [5.41, 5.74) is 5.29. The quantitative estimate of drug-likeness (QED) is 0.787. The third kappa shape index (κ3) is 5.66. The number of nitrogens with two attached hydrogens (primary N) is 1. The Balaban J connectivity index is 1.51. The van der Waals surface area contributed by atoms with E-state index in [4.69, 9.17) is 14.9 Å². The average molecular weight is 412 g/mol. The molecule has 1 aliphatic heterocycles. The van der Waals surface area contributed by atoms with Crippen molar-refractivity contribution >= 4 is 11.8 Å². The number of halogens is 3. The van der Waals surface area contributed by atoms with Crippen LogP contribution in [0.25, 0.3) is 0 Å². The van der Waals surface area contributed by atoms with Gasteiger partial charge in [-0.15, -0.1) is 13.2 Å². The molecule has 1 saturated heterocycles. The Morgan fingerprint density at radius 1 is 1.07 bits per heavy atom. The summed E-state index contributed by atoms with van der Waals surface area (Å²) in [6.07, 6.45) is -3.72. The molecule has 1 aromatic heterocycles. The van der Waals surface area contributed by atoms with Gasteiger partial charge in [0.25, 0.3) is 5.91 Å². The normalized spacial score (nSPS) is 15.2. The van der Waals surface area contributed by atoms with Crippen LogP contribution in [-0.4, -0.2) is 36.2 Å². The van der Waals surface area contributed by atoms with Gasteiger partial charge >= 0.3 is 6.36 Å². The van der Waals surface area contributed by atoms with E-state index in [-0.39, 0.29) is 35.8 Å². The van der Waals surface area contributed by atoms with Crippen molar-refractivity contribution in [3.8, 4) is 11.5 Å². The fraction of sp³-hybridized carbons (Fsp3) is 0.368. The van der Waals surface area contributed by atoms with Gasteiger partial charge in [-0.05, 0) is 49.2 Å². The molecule has 0 radical (unpaired) electrons. The first-order chi connectivity index (χ1) is 13.7. The fourth-order valence-electron chi connectivity index (χ4n) is 2.99. The molecule has 0 bridgehead atoms. The molecule has 0 unspecified atom stereocenters. The number of piperidine rings is 1. The van der Waals surface area contributed by atoms with E-state index in [1.165, 1.54) is 18.2 Å². The van der Waals surface area contributed by atoms with Crippen molar-refractivity contribution in [3.63, 3.8) is 0 Å². The fourth-order valence-corrected chi connectivity index (χ4v) is 2.99. The maximum atomic E-state index is 12.5. The molecule has 2 heterocycles. The van der Waals surface area contributed by atoms with Crippen molar-refractivity contribution in [2.45, 2.75) is 25.8 Å². The molecular weight excluding hydrogens is 393 g/mol. The van der Waals surface area contributed by atoms with E-state index in [1.807, 2.05) is 0 Å². The summed E-state index contributed by atoms with van der Waals surface area (Å²) in [5, 5.41) is 0. The summed E-state index contributed by atoms with van der Waals surface area (Å²) in [7, 11) is 0. The van der Waals surface area contributed by atoms with Gasteiger partial charge in [0.05, 0.1) is 0 Å². The van der Waals surface area contributed by atoms with E-state index < -0.39 is 6.36 Å². The van der Waals surface area contributed by atoms with Gasteiger partial charge in [-0.25, -0.2) is 0 Å². The molecule has 2 N–H and O–H groups in total. The molecule has 0 saturated carbocycles. The van der Waals surface area contributed by atoms with E-state index in [0.29, 0.717) is 37.4 Å². The summed E-state index contributed by atoms with van der Waals surface area (Å²) in [6, 6.07) is 8.05. The zero-order valence-electron chi connectivity index (χ0n) is 15.3. The van der Waals surface area contributed by atoms with Crippen LogP contribution in [0, 0.1) is 5.92 Å². The van der Waals surface area contributed by atoms with Crippen molar-refractivity contribution < 1.29 is 36.7 Å². The Hall–Kier alpha value is -3.17. The molecule has 2 aromatic rings. The molecule has 0 atom stereocenters. The van der Waals surface area contributed by atoms with Crippen LogP contribution < -0.4 is 15.2 Å². The van der Waals surface area contributed by atoms with Gasteiger partial charge < -0.3 is 24.5 Å². The monoisotopic (exact) mass is 412 g/mol. The van der Waals surface area contributed by atoms with Crippen LogP contribution in [0.15, 0.2) is 40.8 Å². The molecule has 3 rings (SSSR count). The Kier molecular flexibility index (Phi) is 6.00. The van der Waals surface area contributed by atoms with Crippen molar-refractivity contribution in [1.82, 2.24) is 4.90 Å². The predicted molar refractivity (Wildman–Crippen MR) is 94.0 cm³/mol. The van der Waals surface area contributed by atoms with E-state index >= 15 is 0 Å². The first kappa shape index (κ1) is 20.6. The first-order valence-corrected chi connectivity index (χ1v) is 8.87. The number of alkyl halides is 3. The zero-order valence-corrected chi connectivity index (χ0v) is 15.3. The SMILES string of the molecule is NC(=O)C1CCN(C(=O)c2ccc(COc3ccc(OC(F)(F)F)cc3)o2)CC1. The predicted octanol–water partition coefficient (Wildman–Crippen LogP) is 3.09. The second kappa shape index (κ2) is 8.46. The summed E-state index contributed by atoms with van der Waals surface area (Å²) in [5.74, 6) is -0.355. The number of likely N-dealkylation sites (tertiary alicyclic amines) is 1. The molecule has 0 aliphatic carbocycles. The number of amides is 2. The van der Waals surface area contributed by atoms with Crippen molar-refractivity contribution in [1.29, 1.82) is 0 Å².